The maximum Gasteiger partial charge on any atom is 0.255 e. The van der Waals surface area contributed by atoms with Gasteiger partial charge in [0, 0.05) is 13.1 Å². The standard InChI is InChI=1S/C25H33N3O5S/c1-19(2)33-21-14-12-20(13-15-21)28(34(3,31)32)18-24(29)26-23-11-7-6-10-22(23)25(30)27-16-8-4-5-9-17-27/h6-7,10-15,19H,4-5,8-9,16-18H2,1-3H3,(H,26,29). The average Bonchev–Trinajstić information content (AvgIpc) is 3.07. The Morgan fingerprint density at radius 2 is 1.62 bits per heavy atom. The van der Waals surface area contributed by atoms with Gasteiger partial charge in [0.2, 0.25) is 15.9 Å². The molecule has 2 aromatic carbocycles. The zero-order valence-electron chi connectivity index (χ0n) is 20.0. The van der Waals surface area contributed by atoms with Gasteiger partial charge < -0.3 is 15.0 Å². The molecular formula is C25H33N3O5S. The van der Waals surface area contributed by atoms with Crippen molar-refractivity contribution in [3.63, 3.8) is 0 Å². The molecule has 3 rings (SSSR count). The first-order chi connectivity index (χ1) is 16.1. The minimum absolute atomic E-state index is 0.0141. The SMILES string of the molecule is CC(C)Oc1ccc(N(CC(=O)Nc2ccccc2C(=O)N2CCCCCC2)S(C)(=O)=O)cc1. The highest BCUT2D eigenvalue weighted by molar-refractivity contribution is 7.92. The van der Waals surface area contributed by atoms with Gasteiger partial charge in [-0.1, -0.05) is 25.0 Å². The van der Waals surface area contributed by atoms with Crippen LogP contribution in [0, 0.1) is 0 Å². The molecule has 0 atom stereocenters. The van der Waals surface area contributed by atoms with Gasteiger partial charge in [0.05, 0.1) is 29.3 Å². The van der Waals surface area contributed by atoms with Crippen molar-refractivity contribution in [1.29, 1.82) is 0 Å². The average molecular weight is 488 g/mol. The number of nitrogens with one attached hydrogen (secondary N) is 1. The highest BCUT2D eigenvalue weighted by Gasteiger charge is 2.24. The first-order valence-electron chi connectivity index (χ1n) is 11.6. The molecule has 0 bridgehead atoms. The van der Waals surface area contributed by atoms with E-state index < -0.39 is 22.5 Å². The lowest BCUT2D eigenvalue weighted by molar-refractivity contribution is -0.114. The molecule has 9 heteroatoms. The number of anilines is 2. The first kappa shape index (κ1) is 25.6. The van der Waals surface area contributed by atoms with Gasteiger partial charge >= 0.3 is 0 Å². The third-order valence-electron chi connectivity index (χ3n) is 5.51. The van der Waals surface area contributed by atoms with Gasteiger partial charge in [-0.15, -0.1) is 0 Å². The van der Waals surface area contributed by atoms with Gasteiger partial charge in [-0.05, 0) is 63.1 Å². The topological polar surface area (TPSA) is 96.0 Å². The molecule has 2 amide bonds. The van der Waals surface area contributed by atoms with Crippen LogP contribution in [-0.2, 0) is 14.8 Å². The Morgan fingerprint density at radius 1 is 1.00 bits per heavy atom. The summed E-state index contributed by atoms with van der Waals surface area (Å²) in [4.78, 5) is 27.8. The highest BCUT2D eigenvalue weighted by atomic mass is 32.2. The van der Waals surface area contributed by atoms with Crippen LogP contribution < -0.4 is 14.4 Å². The van der Waals surface area contributed by atoms with Gasteiger partial charge in [0.1, 0.15) is 12.3 Å². The molecule has 184 valence electrons. The Balaban J connectivity index is 1.76. The smallest absolute Gasteiger partial charge is 0.255 e. The predicted octanol–water partition coefficient (Wildman–Crippen LogP) is 3.89. The molecule has 8 nitrogen and oxygen atoms in total. The van der Waals surface area contributed by atoms with E-state index in [9.17, 15) is 18.0 Å². The number of rotatable bonds is 8. The number of para-hydroxylation sites is 1. The fourth-order valence-electron chi connectivity index (χ4n) is 3.91. The Morgan fingerprint density at radius 3 is 2.21 bits per heavy atom. The summed E-state index contributed by atoms with van der Waals surface area (Å²) in [7, 11) is -3.73. The Labute approximate surface area is 201 Å². The van der Waals surface area contributed by atoms with Crippen LogP contribution in [0.25, 0.3) is 0 Å². The highest BCUT2D eigenvalue weighted by Crippen LogP contribution is 2.24. The van der Waals surface area contributed by atoms with Crippen molar-refractivity contribution in [3.8, 4) is 5.75 Å². The zero-order valence-corrected chi connectivity index (χ0v) is 20.8. The number of hydrogen-bond donors (Lipinski definition) is 1. The molecule has 1 saturated heterocycles. The van der Waals surface area contributed by atoms with Crippen molar-refractivity contribution in [3.05, 3.63) is 54.1 Å². The summed E-state index contributed by atoms with van der Waals surface area (Å²) >= 11 is 0. The van der Waals surface area contributed by atoms with E-state index in [1.54, 1.807) is 48.5 Å². The van der Waals surface area contributed by atoms with Crippen molar-refractivity contribution in [2.75, 3.05) is 35.5 Å². The molecule has 1 N–H and O–H groups in total. The summed E-state index contributed by atoms with van der Waals surface area (Å²) in [5, 5.41) is 2.74. The van der Waals surface area contributed by atoms with E-state index in [2.05, 4.69) is 5.32 Å². The summed E-state index contributed by atoms with van der Waals surface area (Å²) in [6, 6.07) is 13.4. The number of ether oxygens (including phenoxy) is 1. The third kappa shape index (κ3) is 6.96. The maximum absolute atomic E-state index is 13.1. The van der Waals surface area contributed by atoms with Crippen LogP contribution in [0.3, 0.4) is 0 Å². The second-order valence-corrected chi connectivity index (χ2v) is 10.6. The second-order valence-electron chi connectivity index (χ2n) is 8.73. The van der Waals surface area contributed by atoms with Gasteiger partial charge in [-0.2, -0.15) is 0 Å². The molecule has 0 radical (unpaired) electrons. The second kappa shape index (κ2) is 11.4. The number of nitrogens with zero attached hydrogens (tertiary/aromatic N) is 2. The minimum atomic E-state index is -3.73. The van der Waals surface area contributed by atoms with Crippen LogP contribution in [-0.4, -0.2) is 57.1 Å². The van der Waals surface area contributed by atoms with Crippen LogP contribution in [0.4, 0.5) is 11.4 Å². The van der Waals surface area contributed by atoms with Gasteiger partial charge in [-0.3, -0.25) is 13.9 Å². The number of carbonyl (C=O) groups is 2. The van der Waals surface area contributed by atoms with E-state index >= 15 is 0 Å². The quantitative estimate of drug-likeness (QED) is 0.609. The van der Waals surface area contributed by atoms with E-state index in [1.165, 1.54) is 0 Å². The first-order valence-corrected chi connectivity index (χ1v) is 13.4. The Kier molecular flexibility index (Phi) is 8.55. The minimum Gasteiger partial charge on any atom is -0.491 e. The monoisotopic (exact) mass is 487 g/mol. The molecule has 1 aliphatic heterocycles. The Hall–Kier alpha value is -3.07. The summed E-state index contributed by atoms with van der Waals surface area (Å²) in [6.07, 6.45) is 5.17. The molecule has 0 spiro atoms. The predicted molar refractivity (Wildman–Crippen MR) is 134 cm³/mol. The largest absolute Gasteiger partial charge is 0.491 e. The molecular weight excluding hydrogens is 454 g/mol. The molecule has 0 aliphatic carbocycles. The zero-order chi connectivity index (χ0) is 24.7. The normalized spacial score (nSPS) is 14.4. The Bertz CT molecular complexity index is 1090. The summed E-state index contributed by atoms with van der Waals surface area (Å²) in [6.45, 7) is 4.77. The van der Waals surface area contributed by atoms with E-state index in [0.29, 0.717) is 35.8 Å². The van der Waals surface area contributed by atoms with E-state index in [-0.39, 0.29) is 12.0 Å². The number of hydrogen-bond acceptors (Lipinski definition) is 5. The summed E-state index contributed by atoms with van der Waals surface area (Å²) in [5.74, 6) is -0.0554. The lowest BCUT2D eigenvalue weighted by atomic mass is 10.1. The number of carbonyl (C=O) groups excluding carboxylic acids is 2. The fourth-order valence-corrected chi connectivity index (χ4v) is 4.76. The van der Waals surface area contributed by atoms with Crippen molar-refractivity contribution in [2.45, 2.75) is 45.6 Å². The van der Waals surface area contributed by atoms with Crippen LogP contribution in [0.5, 0.6) is 5.75 Å². The van der Waals surface area contributed by atoms with Crippen LogP contribution in [0.2, 0.25) is 0 Å². The summed E-state index contributed by atoms with van der Waals surface area (Å²) < 4.78 is 31.5. The van der Waals surface area contributed by atoms with E-state index in [0.717, 1.165) is 36.2 Å². The van der Waals surface area contributed by atoms with Gasteiger partial charge in [0.15, 0.2) is 0 Å². The molecule has 1 heterocycles. The van der Waals surface area contributed by atoms with Crippen LogP contribution >= 0.6 is 0 Å². The van der Waals surface area contributed by atoms with Crippen molar-refractivity contribution in [2.24, 2.45) is 0 Å². The van der Waals surface area contributed by atoms with Crippen LogP contribution in [0.1, 0.15) is 49.9 Å². The molecule has 0 unspecified atom stereocenters. The summed E-state index contributed by atoms with van der Waals surface area (Å²) in [5.41, 5.74) is 1.12. The molecule has 0 saturated carbocycles. The molecule has 34 heavy (non-hydrogen) atoms. The lowest BCUT2D eigenvalue weighted by Gasteiger charge is -2.24. The lowest BCUT2D eigenvalue weighted by Crippen LogP contribution is -2.38. The fraction of sp³-hybridized carbons (Fsp3) is 0.440. The van der Waals surface area contributed by atoms with Crippen molar-refractivity contribution < 1.29 is 22.7 Å². The number of amides is 2. The van der Waals surface area contributed by atoms with E-state index in [1.807, 2.05) is 18.7 Å². The van der Waals surface area contributed by atoms with Crippen molar-refractivity contribution in [1.82, 2.24) is 4.90 Å². The van der Waals surface area contributed by atoms with Crippen molar-refractivity contribution >= 4 is 33.2 Å². The maximum atomic E-state index is 13.1. The van der Waals surface area contributed by atoms with E-state index in [4.69, 9.17) is 4.74 Å². The molecule has 1 fully saturated rings. The number of likely N-dealkylation sites (tertiary alicyclic amines) is 1. The molecule has 0 aromatic heterocycles. The number of sulfonamides is 1. The van der Waals surface area contributed by atoms with Gasteiger partial charge in [0.25, 0.3) is 5.91 Å². The van der Waals surface area contributed by atoms with Gasteiger partial charge in [-0.25, -0.2) is 8.42 Å². The van der Waals surface area contributed by atoms with Crippen LogP contribution in [0.15, 0.2) is 48.5 Å². The third-order valence-corrected chi connectivity index (χ3v) is 6.65. The number of benzene rings is 2. The molecule has 1 aliphatic rings. The molecule has 2 aromatic rings.